The minimum Gasteiger partial charge on any atom is -0.453 e. The molecule has 2 aromatic carbocycles. The molecule has 1 N–H and O–H groups in total. The van der Waals surface area contributed by atoms with Gasteiger partial charge in [0.15, 0.2) is 0 Å². The monoisotopic (exact) mass is 494 g/mol. The fourth-order valence-electron chi connectivity index (χ4n) is 5.64. The second-order valence-electron chi connectivity index (χ2n) is 10.7. The Morgan fingerprint density at radius 2 is 1.75 bits per heavy atom. The van der Waals surface area contributed by atoms with Gasteiger partial charge >= 0.3 is 12.2 Å². The van der Waals surface area contributed by atoms with Gasteiger partial charge in [0.05, 0.1) is 18.8 Å². The van der Waals surface area contributed by atoms with Crippen LogP contribution in [0.25, 0.3) is 0 Å². The number of rotatable bonds is 6. The molecule has 0 bridgehead atoms. The molecule has 2 heterocycles. The summed E-state index contributed by atoms with van der Waals surface area (Å²) >= 11 is 0. The van der Waals surface area contributed by atoms with Gasteiger partial charge in [-0.1, -0.05) is 54.6 Å². The van der Waals surface area contributed by atoms with Crippen molar-refractivity contribution in [3.63, 3.8) is 0 Å². The molecule has 2 saturated heterocycles. The average Bonchev–Trinajstić information content (AvgIpc) is 2.88. The molecule has 2 fully saturated rings. The van der Waals surface area contributed by atoms with Crippen molar-refractivity contribution < 1.29 is 24.2 Å². The van der Waals surface area contributed by atoms with Gasteiger partial charge in [0, 0.05) is 32.5 Å². The number of methoxy groups -OCH3 is 1. The van der Waals surface area contributed by atoms with Crippen LogP contribution in [0, 0.1) is 0 Å². The Morgan fingerprint density at radius 1 is 1.11 bits per heavy atom. The van der Waals surface area contributed by atoms with E-state index in [9.17, 15) is 14.7 Å². The molecule has 0 radical (unpaired) electrons. The number of ether oxygens (including phenoxy) is 2. The van der Waals surface area contributed by atoms with Crippen molar-refractivity contribution >= 4 is 12.2 Å². The van der Waals surface area contributed by atoms with Crippen molar-refractivity contribution in [3.05, 3.63) is 71.3 Å². The predicted molar refractivity (Wildman–Crippen MR) is 138 cm³/mol. The lowest BCUT2D eigenvalue weighted by atomic mass is 9.80. The third-order valence-corrected chi connectivity index (χ3v) is 7.58. The first-order valence-electron chi connectivity index (χ1n) is 12.8. The summed E-state index contributed by atoms with van der Waals surface area (Å²) < 4.78 is 11.0. The van der Waals surface area contributed by atoms with Gasteiger partial charge in [-0.25, -0.2) is 9.59 Å². The standard InChI is InChI=1S/C29H38N2O5/c1-21(22-10-12-23(13-11-22)24-14-17-30(18-15-24)26(32)35-4)31-19-16-29(36-27(31)33,20-28(2,3)34)25-8-6-5-7-9-25/h5-13,21,24,34H,14-20H2,1-4H3/t21-,29-/m0/s1. The van der Waals surface area contributed by atoms with E-state index in [0.717, 1.165) is 24.0 Å². The van der Waals surface area contributed by atoms with Crippen LogP contribution in [0.3, 0.4) is 0 Å². The van der Waals surface area contributed by atoms with Crippen molar-refractivity contribution in [2.75, 3.05) is 26.7 Å². The highest BCUT2D eigenvalue weighted by Crippen LogP contribution is 2.42. The number of carbonyl (C=O) groups excluding carboxylic acids is 2. The van der Waals surface area contributed by atoms with E-state index >= 15 is 0 Å². The van der Waals surface area contributed by atoms with Crippen molar-refractivity contribution in [1.29, 1.82) is 0 Å². The maximum atomic E-state index is 13.3. The summed E-state index contributed by atoms with van der Waals surface area (Å²) in [5.74, 6) is 0.406. The summed E-state index contributed by atoms with van der Waals surface area (Å²) in [6.45, 7) is 7.46. The molecule has 0 aromatic heterocycles. The van der Waals surface area contributed by atoms with E-state index in [0.29, 0.717) is 38.4 Å². The van der Waals surface area contributed by atoms with E-state index in [2.05, 4.69) is 24.3 Å². The van der Waals surface area contributed by atoms with Gasteiger partial charge in [0.25, 0.3) is 0 Å². The second kappa shape index (κ2) is 10.5. The highest BCUT2D eigenvalue weighted by atomic mass is 16.6. The lowest BCUT2D eigenvalue weighted by molar-refractivity contribution is -0.101. The maximum Gasteiger partial charge on any atom is 0.411 e. The number of amides is 2. The van der Waals surface area contributed by atoms with Crippen LogP contribution in [0.1, 0.15) is 75.1 Å². The van der Waals surface area contributed by atoms with E-state index in [-0.39, 0.29) is 18.2 Å². The number of hydrogen-bond acceptors (Lipinski definition) is 5. The van der Waals surface area contributed by atoms with Crippen LogP contribution >= 0.6 is 0 Å². The fraction of sp³-hybridized carbons (Fsp3) is 0.517. The smallest absolute Gasteiger partial charge is 0.411 e. The summed E-state index contributed by atoms with van der Waals surface area (Å²) in [5.41, 5.74) is 1.39. The first-order valence-corrected chi connectivity index (χ1v) is 12.8. The Kier molecular flexibility index (Phi) is 7.59. The Morgan fingerprint density at radius 3 is 2.31 bits per heavy atom. The van der Waals surface area contributed by atoms with Crippen molar-refractivity contribution in [3.8, 4) is 0 Å². The van der Waals surface area contributed by atoms with Gasteiger partial charge in [-0.2, -0.15) is 0 Å². The first-order chi connectivity index (χ1) is 17.1. The molecule has 36 heavy (non-hydrogen) atoms. The van der Waals surface area contributed by atoms with Gasteiger partial charge in [0.1, 0.15) is 5.60 Å². The average molecular weight is 495 g/mol. The number of carbonyl (C=O) groups is 2. The van der Waals surface area contributed by atoms with E-state index in [1.54, 1.807) is 23.6 Å². The highest BCUT2D eigenvalue weighted by molar-refractivity contribution is 5.70. The van der Waals surface area contributed by atoms with Gasteiger partial charge < -0.3 is 24.4 Å². The van der Waals surface area contributed by atoms with Crippen LogP contribution in [-0.2, 0) is 15.1 Å². The normalized spacial score (nSPS) is 22.2. The van der Waals surface area contributed by atoms with Gasteiger partial charge in [0.2, 0.25) is 0 Å². The van der Waals surface area contributed by atoms with Crippen LogP contribution in [0.4, 0.5) is 9.59 Å². The zero-order valence-corrected chi connectivity index (χ0v) is 21.8. The molecule has 0 unspecified atom stereocenters. The molecule has 2 amide bonds. The van der Waals surface area contributed by atoms with Crippen molar-refractivity contribution in [2.24, 2.45) is 0 Å². The molecule has 7 heteroatoms. The Balaban J connectivity index is 1.43. The summed E-state index contributed by atoms with van der Waals surface area (Å²) in [6, 6.07) is 18.1. The number of benzene rings is 2. The van der Waals surface area contributed by atoms with E-state index < -0.39 is 11.2 Å². The Hall–Kier alpha value is -3.06. The van der Waals surface area contributed by atoms with Crippen LogP contribution in [0.15, 0.2) is 54.6 Å². The lowest BCUT2D eigenvalue weighted by Gasteiger charge is -2.45. The predicted octanol–water partition coefficient (Wildman–Crippen LogP) is 5.59. The lowest BCUT2D eigenvalue weighted by Crippen LogP contribution is -2.51. The summed E-state index contributed by atoms with van der Waals surface area (Å²) in [5, 5.41) is 10.6. The number of nitrogens with zero attached hydrogens (tertiary/aromatic N) is 2. The SMILES string of the molecule is COC(=O)N1CCC(c2ccc([C@H](C)N3CC[C@](CC(C)(C)O)(c4ccccc4)OC3=O)cc2)CC1. The molecule has 4 rings (SSSR count). The molecule has 7 nitrogen and oxygen atoms in total. The van der Waals surface area contributed by atoms with Crippen LogP contribution < -0.4 is 0 Å². The summed E-state index contributed by atoms with van der Waals surface area (Å²) in [4.78, 5) is 28.6. The molecule has 0 aliphatic carbocycles. The molecular weight excluding hydrogens is 456 g/mol. The molecule has 2 aliphatic rings. The molecule has 2 aliphatic heterocycles. The zero-order chi connectivity index (χ0) is 25.9. The molecule has 2 aromatic rings. The Bertz CT molecular complexity index is 1040. The van der Waals surface area contributed by atoms with Crippen LogP contribution in [0.2, 0.25) is 0 Å². The van der Waals surface area contributed by atoms with Crippen LogP contribution in [-0.4, -0.2) is 59.4 Å². The van der Waals surface area contributed by atoms with Crippen molar-refractivity contribution in [1.82, 2.24) is 9.80 Å². The third kappa shape index (κ3) is 5.67. The summed E-state index contributed by atoms with van der Waals surface area (Å²) in [6.07, 6.45) is 2.14. The van der Waals surface area contributed by atoms with E-state index in [1.165, 1.54) is 12.7 Å². The molecule has 194 valence electrons. The quantitative estimate of drug-likeness (QED) is 0.566. The summed E-state index contributed by atoms with van der Waals surface area (Å²) in [7, 11) is 1.42. The van der Waals surface area contributed by atoms with E-state index in [1.807, 2.05) is 37.3 Å². The van der Waals surface area contributed by atoms with Crippen LogP contribution in [0.5, 0.6) is 0 Å². The number of aliphatic hydroxyl groups is 1. The first kappa shape index (κ1) is 26.0. The molecule has 0 spiro atoms. The maximum absolute atomic E-state index is 13.3. The van der Waals surface area contributed by atoms with Gasteiger partial charge in [-0.05, 0) is 56.2 Å². The number of piperidine rings is 1. The third-order valence-electron chi connectivity index (χ3n) is 7.58. The van der Waals surface area contributed by atoms with E-state index in [4.69, 9.17) is 9.47 Å². The van der Waals surface area contributed by atoms with Crippen molar-refractivity contribution in [2.45, 2.75) is 69.6 Å². The largest absolute Gasteiger partial charge is 0.453 e. The minimum absolute atomic E-state index is 0.136. The highest BCUT2D eigenvalue weighted by Gasteiger charge is 2.46. The molecule has 0 saturated carbocycles. The minimum atomic E-state index is -0.979. The Labute approximate surface area is 214 Å². The number of cyclic esters (lactones) is 1. The fourth-order valence-corrected chi connectivity index (χ4v) is 5.64. The topological polar surface area (TPSA) is 79.3 Å². The van der Waals surface area contributed by atoms with Gasteiger partial charge in [-0.3, -0.25) is 0 Å². The van der Waals surface area contributed by atoms with Gasteiger partial charge in [-0.15, -0.1) is 0 Å². The number of likely N-dealkylation sites (tertiary alicyclic amines) is 1. The second-order valence-corrected chi connectivity index (χ2v) is 10.7. The molecule has 2 atom stereocenters. The number of hydrogen-bond donors (Lipinski definition) is 1. The zero-order valence-electron chi connectivity index (χ0n) is 21.8. The molecular formula is C29H38N2O5.